The Balaban J connectivity index is 1.50. The lowest BCUT2D eigenvalue weighted by Crippen LogP contribution is -2.41. The van der Waals surface area contributed by atoms with Gasteiger partial charge in [0.1, 0.15) is 5.82 Å². The van der Waals surface area contributed by atoms with Gasteiger partial charge in [-0.1, -0.05) is 41.6 Å². The van der Waals surface area contributed by atoms with Crippen molar-refractivity contribution >= 4 is 46.1 Å². The summed E-state index contributed by atoms with van der Waals surface area (Å²) < 4.78 is 23.5. The number of benzene rings is 2. The van der Waals surface area contributed by atoms with E-state index in [1.165, 1.54) is 17.8 Å². The average molecular weight is 460 g/mol. The Kier molecular flexibility index (Phi) is 5.56. The maximum atomic E-state index is 14.4. The number of nitrogens with zero attached hydrogens (tertiary/aromatic N) is 5. The van der Waals surface area contributed by atoms with E-state index in [0.717, 1.165) is 11.0 Å². The Morgan fingerprint density at radius 2 is 1.87 bits per heavy atom. The minimum atomic E-state index is -0.367. The molecule has 0 N–H and O–H groups in total. The quantitative estimate of drug-likeness (QED) is 0.427. The highest BCUT2D eigenvalue weighted by Crippen LogP contribution is 2.28. The number of carbonyl (C=O) groups excluding carboxylic acids is 1. The summed E-state index contributed by atoms with van der Waals surface area (Å²) in [6.07, 6.45) is 0. The Morgan fingerprint density at radius 1 is 1.10 bits per heavy atom. The molecule has 0 unspecified atom stereocenters. The number of halogens is 2. The molecule has 7 nitrogen and oxygen atoms in total. The largest absolute Gasteiger partial charge is 0.378 e. The van der Waals surface area contributed by atoms with Gasteiger partial charge in [-0.25, -0.2) is 4.39 Å². The van der Waals surface area contributed by atoms with Crippen molar-refractivity contribution in [2.75, 3.05) is 32.1 Å². The van der Waals surface area contributed by atoms with Gasteiger partial charge in [-0.05, 0) is 24.3 Å². The number of rotatable bonds is 5. The maximum absolute atomic E-state index is 14.4. The molecule has 31 heavy (non-hydrogen) atoms. The summed E-state index contributed by atoms with van der Waals surface area (Å²) in [4.78, 5) is 14.3. The molecular formula is C21H19ClFN5O2S. The van der Waals surface area contributed by atoms with Crippen LogP contribution in [0.1, 0.15) is 5.56 Å². The Hall–Kier alpha value is -2.62. The van der Waals surface area contributed by atoms with Crippen LogP contribution in [0.3, 0.4) is 0 Å². The van der Waals surface area contributed by atoms with E-state index in [4.69, 9.17) is 16.3 Å². The van der Waals surface area contributed by atoms with Crippen LogP contribution in [-0.2, 0) is 16.1 Å². The number of ether oxygens (including phenoxy) is 1. The number of aromatic nitrogens is 4. The van der Waals surface area contributed by atoms with Gasteiger partial charge < -0.3 is 14.2 Å². The topological polar surface area (TPSA) is 64.7 Å². The molecule has 1 amide bonds. The van der Waals surface area contributed by atoms with Crippen LogP contribution in [0.25, 0.3) is 16.8 Å². The molecule has 1 aliphatic rings. The van der Waals surface area contributed by atoms with Crippen molar-refractivity contribution in [3.63, 3.8) is 0 Å². The number of morpholine rings is 1. The summed E-state index contributed by atoms with van der Waals surface area (Å²) >= 11 is 7.60. The first-order valence-corrected chi connectivity index (χ1v) is 11.2. The molecule has 2 aromatic carbocycles. The summed E-state index contributed by atoms with van der Waals surface area (Å²) in [5.74, 6) is 0.516. The molecule has 1 fully saturated rings. The van der Waals surface area contributed by atoms with Gasteiger partial charge >= 0.3 is 0 Å². The first-order chi connectivity index (χ1) is 15.1. The lowest BCUT2D eigenvalue weighted by Gasteiger charge is -2.26. The number of amides is 1. The second-order valence-corrected chi connectivity index (χ2v) is 8.52. The van der Waals surface area contributed by atoms with E-state index in [2.05, 4.69) is 10.2 Å². The van der Waals surface area contributed by atoms with Gasteiger partial charge in [0.15, 0.2) is 5.16 Å². The molecule has 3 heterocycles. The Labute approximate surface area is 186 Å². The molecule has 1 aliphatic heterocycles. The lowest BCUT2D eigenvalue weighted by atomic mass is 10.2. The first-order valence-electron chi connectivity index (χ1n) is 9.87. The van der Waals surface area contributed by atoms with Crippen LogP contribution in [0.5, 0.6) is 0 Å². The number of carbonyl (C=O) groups is 1. The summed E-state index contributed by atoms with van der Waals surface area (Å²) in [5.41, 5.74) is 2.16. The van der Waals surface area contributed by atoms with E-state index in [9.17, 15) is 9.18 Å². The molecule has 0 radical (unpaired) electrons. The fourth-order valence-corrected chi connectivity index (χ4v) is 4.82. The van der Waals surface area contributed by atoms with Crippen molar-refractivity contribution in [1.29, 1.82) is 0 Å². The van der Waals surface area contributed by atoms with Gasteiger partial charge in [0.25, 0.3) is 0 Å². The van der Waals surface area contributed by atoms with E-state index >= 15 is 0 Å². The van der Waals surface area contributed by atoms with Gasteiger partial charge in [-0.3, -0.25) is 9.20 Å². The highest BCUT2D eigenvalue weighted by atomic mass is 35.5. The fourth-order valence-electron chi connectivity index (χ4n) is 3.76. The zero-order valence-corrected chi connectivity index (χ0v) is 18.1. The predicted octanol–water partition coefficient (Wildman–Crippen LogP) is 3.48. The summed E-state index contributed by atoms with van der Waals surface area (Å²) in [6.45, 7) is 2.57. The molecule has 0 atom stereocenters. The second-order valence-electron chi connectivity index (χ2n) is 7.17. The SMILES string of the molecule is O=C(CSc1nnc2n(Cc3c(F)cccc3Cl)c3ccccc3n12)N1CCOCC1. The molecule has 5 rings (SSSR count). The van der Waals surface area contributed by atoms with Gasteiger partial charge in [-0.15, -0.1) is 10.2 Å². The summed E-state index contributed by atoms with van der Waals surface area (Å²) in [7, 11) is 0. The van der Waals surface area contributed by atoms with Crippen molar-refractivity contribution in [2.45, 2.75) is 11.7 Å². The minimum Gasteiger partial charge on any atom is -0.378 e. The number of para-hydroxylation sites is 2. The van der Waals surface area contributed by atoms with E-state index in [0.29, 0.717) is 47.8 Å². The zero-order chi connectivity index (χ0) is 21.4. The van der Waals surface area contributed by atoms with Crippen LogP contribution in [0, 0.1) is 5.82 Å². The molecule has 1 saturated heterocycles. The van der Waals surface area contributed by atoms with Crippen LogP contribution >= 0.6 is 23.4 Å². The predicted molar refractivity (Wildman–Crippen MR) is 117 cm³/mol. The summed E-state index contributed by atoms with van der Waals surface area (Å²) in [6, 6.07) is 12.4. The van der Waals surface area contributed by atoms with Gasteiger partial charge in [0.2, 0.25) is 11.7 Å². The van der Waals surface area contributed by atoms with Gasteiger partial charge in [0.05, 0.1) is 36.5 Å². The minimum absolute atomic E-state index is 0.0481. The van der Waals surface area contributed by atoms with Gasteiger partial charge in [0, 0.05) is 23.7 Å². The lowest BCUT2D eigenvalue weighted by molar-refractivity contribution is -0.132. The molecule has 0 bridgehead atoms. The van der Waals surface area contributed by atoms with Crippen molar-refractivity contribution in [2.24, 2.45) is 0 Å². The normalized spacial score (nSPS) is 14.6. The molecule has 160 valence electrons. The van der Waals surface area contributed by atoms with Gasteiger partial charge in [-0.2, -0.15) is 0 Å². The first kappa shape index (κ1) is 20.3. The highest BCUT2D eigenvalue weighted by Gasteiger charge is 2.21. The smallest absolute Gasteiger partial charge is 0.237 e. The van der Waals surface area contributed by atoms with E-state index < -0.39 is 0 Å². The molecule has 2 aromatic heterocycles. The molecule has 0 spiro atoms. The van der Waals surface area contributed by atoms with Crippen LogP contribution < -0.4 is 0 Å². The van der Waals surface area contributed by atoms with Crippen molar-refractivity contribution < 1.29 is 13.9 Å². The van der Waals surface area contributed by atoms with Crippen molar-refractivity contribution in [1.82, 2.24) is 24.1 Å². The van der Waals surface area contributed by atoms with E-state index in [1.54, 1.807) is 17.0 Å². The number of imidazole rings is 1. The average Bonchev–Trinajstić information content (AvgIpc) is 3.34. The zero-order valence-electron chi connectivity index (χ0n) is 16.5. The van der Waals surface area contributed by atoms with Crippen LogP contribution in [0.2, 0.25) is 5.02 Å². The Morgan fingerprint density at radius 3 is 2.65 bits per heavy atom. The van der Waals surface area contributed by atoms with E-state index in [-0.39, 0.29) is 24.0 Å². The second kappa shape index (κ2) is 8.49. The molecule has 0 aliphatic carbocycles. The number of hydrogen-bond acceptors (Lipinski definition) is 5. The molecule has 4 aromatic rings. The maximum Gasteiger partial charge on any atom is 0.237 e. The monoisotopic (exact) mass is 459 g/mol. The molecule has 0 saturated carbocycles. The number of hydrogen-bond donors (Lipinski definition) is 0. The Bertz CT molecular complexity index is 1250. The van der Waals surface area contributed by atoms with Crippen LogP contribution in [-0.4, -0.2) is 62.0 Å². The van der Waals surface area contributed by atoms with Crippen LogP contribution in [0.4, 0.5) is 4.39 Å². The summed E-state index contributed by atoms with van der Waals surface area (Å²) in [5, 5.41) is 9.63. The highest BCUT2D eigenvalue weighted by molar-refractivity contribution is 7.99. The fraction of sp³-hybridized carbons (Fsp3) is 0.286. The standard InChI is InChI=1S/C21H19ClFN5O2S/c22-15-4-3-5-16(23)14(15)12-27-17-6-1-2-7-18(17)28-20(27)24-25-21(28)31-13-19(29)26-8-10-30-11-9-26/h1-7H,8-13H2. The number of thioether (sulfide) groups is 1. The number of fused-ring (bicyclic) bond motifs is 3. The molecule has 10 heteroatoms. The third kappa shape index (κ3) is 3.77. The third-order valence-electron chi connectivity index (χ3n) is 5.34. The van der Waals surface area contributed by atoms with Crippen LogP contribution in [0.15, 0.2) is 47.6 Å². The van der Waals surface area contributed by atoms with Crippen molar-refractivity contribution in [3.05, 3.63) is 58.9 Å². The van der Waals surface area contributed by atoms with Crippen molar-refractivity contribution in [3.8, 4) is 0 Å². The van der Waals surface area contributed by atoms with E-state index in [1.807, 2.05) is 33.2 Å². The third-order valence-corrected chi connectivity index (χ3v) is 6.61. The molecular weight excluding hydrogens is 441 g/mol.